The first-order chi connectivity index (χ1) is 11.6. The lowest BCUT2D eigenvalue weighted by Gasteiger charge is -2.35. The van der Waals surface area contributed by atoms with E-state index in [4.69, 9.17) is 0 Å². The van der Waals surface area contributed by atoms with Crippen molar-refractivity contribution in [1.82, 2.24) is 15.1 Å². The monoisotopic (exact) mass is 331 g/mol. The molecule has 132 valence electrons. The van der Waals surface area contributed by atoms with E-state index in [1.54, 1.807) is 0 Å². The maximum atomic E-state index is 12.3. The van der Waals surface area contributed by atoms with Crippen LogP contribution in [0.4, 0.5) is 4.79 Å². The van der Waals surface area contributed by atoms with Crippen molar-refractivity contribution in [2.75, 3.05) is 26.2 Å². The molecule has 0 radical (unpaired) electrons. The molecule has 5 heteroatoms. The van der Waals surface area contributed by atoms with Crippen molar-refractivity contribution in [1.29, 1.82) is 0 Å². The summed E-state index contributed by atoms with van der Waals surface area (Å²) in [5, 5.41) is 3.12. The van der Waals surface area contributed by atoms with Crippen molar-refractivity contribution in [2.24, 2.45) is 0 Å². The lowest BCUT2D eigenvalue weighted by Crippen LogP contribution is -2.50. The summed E-state index contributed by atoms with van der Waals surface area (Å²) in [6.45, 7) is 6.93. The van der Waals surface area contributed by atoms with Crippen LogP contribution >= 0.6 is 0 Å². The van der Waals surface area contributed by atoms with E-state index in [1.165, 1.54) is 5.56 Å². The standard InChI is InChI=1S/C19H29N3O2/c1-3-21(4-2)19(24)22-14-12-17(13-15-22)20-18(23)11-10-16-8-6-5-7-9-16/h5-9,17H,3-4,10-15H2,1-2H3,(H,20,23). The van der Waals surface area contributed by atoms with Crippen LogP contribution in [0.25, 0.3) is 0 Å². The molecule has 24 heavy (non-hydrogen) atoms. The van der Waals surface area contributed by atoms with E-state index in [2.05, 4.69) is 5.32 Å². The number of carbonyl (C=O) groups excluding carboxylic acids is 2. The van der Waals surface area contributed by atoms with E-state index in [1.807, 2.05) is 54.0 Å². The van der Waals surface area contributed by atoms with E-state index in [0.717, 1.165) is 45.4 Å². The minimum absolute atomic E-state index is 0.104. The van der Waals surface area contributed by atoms with Gasteiger partial charge >= 0.3 is 6.03 Å². The minimum Gasteiger partial charge on any atom is -0.353 e. The summed E-state index contributed by atoms with van der Waals surface area (Å²) in [6.07, 6.45) is 2.96. The maximum absolute atomic E-state index is 12.3. The Bertz CT molecular complexity index is 521. The van der Waals surface area contributed by atoms with Crippen molar-refractivity contribution in [3.63, 3.8) is 0 Å². The second kappa shape index (κ2) is 9.30. The molecule has 1 aliphatic heterocycles. The van der Waals surface area contributed by atoms with Gasteiger partial charge in [0.2, 0.25) is 5.91 Å². The lowest BCUT2D eigenvalue weighted by molar-refractivity contribution is -0.122. The molecule has 1 fully saturated rings. The van der Waals surface area contributed by atoms with E-state index in [-0.39, 0.29) is 18.0 Å². The van der Waals surface area contributed by atoms with Gasteiger partial charge in [-0.1, -0.05) is 30.3 Å². The van der Waals surface area contributed by atoms with Gasteiger partial charge in [-0.05, 0) is 38.7 Å². The second-order valence-corrected chi connectivity index (χ2v) is 6.27. The Kier molecular flexibility index (Phi) is 7.09. The molecule has 0 aliphatic carbocycles. The van der Waals surface area contributed by atoms with Gasteiger partial charge < -0.3 is 15.1 Å². The molecule has 1 N–H and O–H groups in total. The van der Waals surface area contributed by atoms with Crippen LogP contribution in [0.1, 0.15) is 38.7 Å². The fraction of sp³-hybridized carbons (Fsp3) is 0.579. The summed E-state index contributed by atoms with van der Waals surface area (Å²) >= 11 is 0. The molecule has 2 rings (SSSR count). The summed E-state index contributed by atoms with van der Waals surface area (Å²) < 4.78 is 0. The summed E-state index contributed by atoms with van der Waals surface area (Å²) in [4.78, 5) is 28.2. The number of hydrogen-bond acceptors (Lipinski definition) is 2. The van der Waals surface area contributed by atoms with Crippen molar-refractivity contribution < 1.29 is 9.59 Å². The molecule has 0 bridgehead atoms. The molecule has 5 nitrogen and oxygen atoms in total. The zero-order valence-electron chi connectivity index (χ0n) is 14.8. The van der Waals surface area contributed by atoms with Gasteiger partial charge in [0.25, 0.3) is 0 Å². The molecule has 0 atom stereocenters. The predicted molar refractivity (Wildman–Crippen MR) is 95.8 cm³/mol. The molecule has 0 unspecified atom stereocenters. The van der Waals surface area contributed by atoms with Crippen LogP contribution in [0, 0.1) is 0 Å². The molecule has 1 aromatic carbocycles. The highest BCUT2D eigenvalue weighted by Crippen LogP contribution is 2.13. The molecule has 0 saturated carbocycles. The first-order valence-corrected chi connectivity index (χ1v) is 9.01. The molecule has 1 heterocycles. The van der Waals surface area contributed by atoms with Crippen molar-refractivity contribution >= 4 is 11.9 Å². The third kappa shape index (κ3) is 5.25. The van der Waals surface area contributed by atoms with Crippen LogP contribution in [0.3, 0.4) is 0 Å². The van der Waals surface area contributed by atoms with E-state index in [9.17, 15) is 9.59 Å². The first-order valence-electron chi connectivity index (χ1n) is 9.01. The summed E-state index contributed by atoms with van der Waals surface area (Å²) in [7, 11) is 0. The summed E-state index contributed by atoms with van der Waals surface area (Å²) in [5.74, 6) is 0.104. The van der Waals surface area contributed by atoms with Gasteiger partial charge in [0.1, 0.15) is 0 Å². The van der Waals surface area contributed by atoms with Gasteiger partial charge in [-0.25, -0.2) is 4.79 Å². The largest absolute Gasteiger partial charge is 0.353 e. The highest BCUT2D eigenvalue weighted by molar-refractivity contribution is 5.77. The number of carbonyl (C=O) groups is 2. The van der Waals surface area contributed by atoms with Crippen molar-refractivity contribution in [3.05, 3.63) is 35.9 Å². The van der Waals surface area contributed by atoms with Gasteiger partial charge in [-0.15, -0.1) is 0 Å². The fourth-order valence-corrected chi connectivity index (χ4v) is 3.11. The van der Waals surface area contributed by atoms with Gasteiger partial charge in [-0.3, -0.25) is 4.79 Å². The van der Waals surface area contributed by atoms with Crippen LogP contribution < -0.4 is 5.32 Å². The Hall–Kier alpha value is -2.04. The highest BCUT2D eigenvalue weighted by atomic mass is 16.2. The molecule has 0 aromatic heterocycles. The Morgan fingerprint density at radius 1 is 1.12 bits per heavy atom. The molecule has 1 aromatic rings. The quantitative estimate of drug-likeness (QED) is 0.871. The molecule has 0 spiro atoms. The Balaban J connectivity index is 1.70. The van der Waals surface area contributed by atoms with Crippen LogP contribution in [-0.4, -0.2) is 54.0 Å². The topological polar surface area (TPSA) is 52.7 Å². The van der Waals surface area contributed by atoms with Crippen LogP contribution in [0.5, 0.6) is 0 Å². The Morgan fingerprint density at radius 2 is 1.75 bits per heavy atom. The van der Waals surface area contributed by atoms with Gasteiger partial charge in [0, 0.05) is 38.6 Å². The van der Waals surface area contributed by atoms with Gasteiger partial charge in [0.05, 0.1) is 0 Å². The zero-order valence-corrected chi connectivity index (χ0v) is 14.8. The third-order valence-corrected chi connectivity index (χ3v) is 4.65. The average Bonchev–Trinajstić information content (AvgIpc) is 2.62. The minimum atomic E-state index is 0.104. The number of hydrogen-bond donors (Lipinski definition) is 1. The molecule has 1 saturated heterocycles. The number of piperidine rings is 1. The predicted octanol–water partition coefficient (Wildman–Crippen LogP) is 2.66. The normalized spacial score (nSPS) is 15.2. The lowest BCUT2D eigenvalue weighted by atomic mass is 10.0. The number of likely N-dealkylation sites (tertiary alicyclic amines) is 1. The SMILES string of the molecule is CCN(CC)C(=O)N1CCC(NC(=O)CCc2ccccc2)CC1. The number of aryl methyl sites for hydroxylation is 1. The highest BCUT2D eigenvalue weighted by Gasteiger charge is 2.25. The van der Waals surface area contributed by atoms with Crippen molar-refractivity contribution in [3.8, 4) is 0 Å². The van der Waals surface area contributed by atoms with E-state index < -0.39 is 0 Å². The molecular formula is C19H29N3O2. The van der Waals surface area contributed by atoms with E-state index in [0.29, 0.717) is 6.42 Å². The van der Waals surface area contributed by atoms with Gasteiger partial charge in [-0.2, -0.15) is 0 Å². The Labute approximate surface area is 145 Å². The number of nitrogens with one attached hydrogen (secondary N) is 1. The average molecular weight is 331 g/mol. The van der Waals surface area contributed by atoms with Crippen LogP contribution in [-0.2, 0) is 11.2 Å². The van der Waals surface area contributed by atoms with Gasteiger partial charge in [0.15, 0.2) is 0 Å². The fourth-order valence-electron chi connectivity index (χ4n) is 3.11. The summed E-state index contributed by atoms with van der Waals surface area (Å²) in [5.41, 5.74) is 1.19. The number of nitrogens with zero attached hydrogens (tertiary/aromatic N) is 2. The van der Waals surface area contributed by atoms with Crippen molar-refractivity contribution in [2.45, 2.75) is 45.6 Å². The number of amides is 3. The second-order valence-electron chi connectivity index (χ2n) is 6.27. The molecule has 1 aliphatic rings. The number of benzene rings is 1. The third-order valence-electron chi connectivity index (χ3n) is 4.65. The van der Waals surface area contributed by atoms with E-state index >= 15 is 0 Å². The number of rotatable bonds is 6. The first kappa shape index (κ1) is 18.3. The Morgan fingerprint density at radius 3 is 2.33 bits per heavy atom. The summed E-state index contributed by atoms with van der Waals surface area (Å²) in [6, 6.07) is 10.4. The smallest absolute Gasteiger partial charge is 0.319 e. The number of urea groups is 1. The zero-order chi connectivity index (χ0) is 17.4. The molecular weight excluding hydrogens is 302 g/mol. The maximum Gasteiger partial charge on any atom is 0.319 e. The van der Waals surface area contributed by atoms with Crippen LogP contribution in [0.15, 0.2) is 30.3 Å². The van der Waals surface area contributed by atoms with Crippen LogP contribution in [0.2, 0.25) is 0 Å². The molecule has 3 amide bonds.